The van der Waals surface area contributed by atoms with E-state index < -0.39 is 42.7 Å². The van der Waals surface area contributed by atoms with E-state index in [-0.39, 0.29) is 16.8 Å². The number of aryl methyl sites for hydroxylation is 1. The Morgan fingerprint density at radius 2 is 1.70 bits per heavy atom. The summed E-state index contributed by atoms with van der Waals surface area (Å²) in [6, 6.07) is 10.1. The van der Waals surface area contributed by atoms with Crippen LogP contribution in [0.25, 0.3) is 0 Å². The topological polar surface area (TPSA) is 92.8 Å². The molecule has 0 atom stereocenters. The normalized spacial score (nSPS) is 12.7. The fourth-order valence-corrected chi connectivity index (χ4v) is 2.62. The number of carbonyl (C=O) groups excluding carboxylic acids is 4. The maximum atomic E-state index is 13.2. The minimum atomic E-state index is -0.907. The molecule has 8 heteroatoms. The molecule has 0 fully saturated rings. The standard InChI is InChI=1S/C19H15FN2O5/c1-11-6-7-12(20)8-15(11)21-16(23)10-27-17(24)9-22-18(25)13-4-2-3-5-14(13)19(22)26/h2-8H,9-10H2,1H3,(H,21,23). The number of nitrogens with zero attached hydrogens (tertiary/aromatic N) is 1. The molecule has 1 aliphatic heterocycles. The van der Waals surface area contributed by atoms with Crippen LogP contribution in [-0.2, 0) is 14.3 Å². The Bertz CT molecular complexity index is 922. The zero-order chi connectivity index (χ0) is 19.6. The van der Waals surface area contributed by atoms with Gasteiger partial charge < -0.3 is 10.1 Å². The van der Waals surface area contributed by atoms with Gasteiger partial charge in [0.2, 0.25) is 0 Å². The van der Waals surface area contributed by atoms with Crippen molar-refractivity contribution in [3.63, 3.8) is 0 Å². The molecule has 3 rings (SSSR count). The van der Waals surface area contributed by atoms with Crippen LogP contribution in [-0.4, -0.2) is 41.7 Å². The van der Waals surface area contributed by atoms with E-state index in [9.17, 15) is 23.6 Å². The molecule has 0 saturated heterocycles. The van der Waals surface area contributed by atoms with Gasteiger partial charge in [-0.3, -0.25) is 24.1 Å². The first kappa shape index (κ1) is 18.2. The Hall–Kier alpha value is -3.55. The first-order valence-corrected chi connectivity index (χ1v) is 8.03. The molecule has 0 unspecified atom stereocenters. The van der Waals surface area contributed by atoms with Gasteiger partial charge in [0.15, 0.2) is 6.61 Å². The van der Waals surface area contributed by atoms with E-state index in [4.69, 9.17) is 4.74 Å². The van der Waals surface area contributed by atoms with Crippen LogP contribution >= 0.6 is 0 Å². The van der Waals surface area contributed by atoms with Crippen molar-refractivity contribution in [1.82, 2.24) is 4.90 Å². The number of anilines is 1. The third-order valence-corrected chi connectivity index (χ3v) is 4.00. The maximum absolute atomic E-state index is 13.2. The minimum absolute atomic E-state index is 0.217. The van der Waals surface area contributed by atoms with Crippen molar-refractivity contribution in [3.05, 3.63) is 65.0 Å². The quantitative estimate of drug-likeness (QED) is 0.641. The second kappa shape index (κ2) is 7.36. The Kier molecular flexibility index (Phi) is 4.98. The van der Waals surface area contributed by atoms with E-state index >= 15 is 0 Å². The number of nitrogens with one attached hydrogen (secondary N) is 1. The van der Waals surface area contributed by atoms with Crippen LogP contribution in [0.3, 0.4) is 0 Å². The lowest BCUT2D eigenvalue weighted by molar-refractivity contribution is -0.147. The lowest BCUT2D eigenvalue weighted by Crippen LogP contribution is -2.36. The van der Waals surface area contributed by atoms with Crippen LogP contribution < -0.4 is 5.32 Å². The smallest absolute Gasteiger partial charge is 0.326 e. The van der Waals surface area contributed by atoms with E-state index in [2.05, 4.69) is 5.32 Å². The highest BCUT2D eigenvalue weighted by molar-refractivity contribution is 6.22. The summed E-state index contributed by atoms with van der Waals surface area (Å²) in [6.45, 7) is 0.458. The molecule has 1 N–H and O–H groups in total. The molecule has 27 heavy (non-hydrogen) atoms. The lowest BCUT2D eigenvalue weighted by Gasteiger charge is -2.13. The average Bonchev–Trinajstić information content (AvgIpc) is 2.88. The number of benzene rings is 2. The summed E-state index contributed by atoms with van der Waals surface area (Å²) < 4.78 is 18.0. The molecule has 0 spiro atoms. The van der Waals surface area contributed by atoms with Gasteiger partial charge in [-0.05, 0) is 36.8 Å². The number of carbonyl (C=O) groups is 4. The molecule has 0 saturated carbocycles. The zero-order valence-electron chi connectivity index (χ0n) is 14.3. The largest absolute Gasteiger partial charge is 0.454 e. The van der Waals surface area contributed by atoms with Crippen molar-refractivity contribution in [2.24, 2.45) is 0 Å². The molecule has 7 nitrogen and oxygen atoms in total. The van der Waals surface area contributed by atoms with E-state index in [0.29, 0.717) is 5.56 Å². The third kappa shape index (κ3) is 3.84. The summed E-state index contributed by atoms with van der Waals surface area (Å²) in [5.74, 6) is -3.27. The van der Waals surface area contributed by atoms with Crippen molar-refractivity contribution in [3.8, 4) is 0 Å². The van der Waals surface area contributed by atoms with Crippen LogP contribution in [0, 0.1) is 12.7 Å². The van der Waals surface area contributed by atoms with Gasteiger partial charge in [-0.15, -0.1) is 0 Å². The second-order valence-corrected chi connectivity index (χ2v) is 5.91. The van der Waals surface area contributed by atoms with E-state index in [1.165, 1.54) is 24.3 Å². The maximum Gasteiger partial charge on any atom is 0.326 e. The first-order chi connectivity index (χ1) is 12.9. The number of halogens is 1. The van der Waals surface area contributed by atoms with Gasteiger partial charge in [0.25, 0.3) is 17.7 Å². The van der Waals surface area contributed by atoms with Crippen LogP contribution in [0.15, 0.2) is 42.5 Å². The summed E-state index contributed by atoms with van der Waals surface area (Å²) in [5, 5.41) is 2.43. The molecule has 2 aromatic carbocycles. The monoisotopic (exact) mass is 370 g/mol. The molecule has 1 heterocycles. The van der Waals surface area contributed by atoms with Gasteiger partial charge in [-0.25, -0.2) is 4.39 Å². The molecule has 0 aromatic heterocycles. The highest BCUT2D eigenvalue weighted by Crippen LogP contribution is 2.22. The molecule has 1 aliphatic rings. The number of hydrogen-bond acceptors (Lipinski definition) is 5. The third-order valence-electron chi connectivity index (χ3n) is 4.00. The summed E-state index contributed by atoms with van der Waals surface area (Å²) in [4.78, 5) is 48.9. The Balaban J connectivity index is 1.54. The van der Waals surface area contributed by atoms with Crippen molar-refractivity contribution in [1.29, 1.82) is 0 Å². The fourth-order valence-electron chi connectivity index (χ4n) is 2.62. The molecule has 2 aromatic rings. The van der Waals surface area contributed by atoms with Crippen LogP contribution in [0.1, 0.15) is 26.3 Å². The number of rotatable bonds is 5. The van der Waals surface area contributed by atoms with Gasteiger partial charge in [-0.1, -0.05) is 18.2 Å². The van der Waals surface area contributed by atoms with Crippen molar-refractivity contribution in [2.75, 3.05) is 18.5 Å². The Labute approximate surface area is 153 Å². The predicted molar refractivity (Wildman–Crippen MR) is 92.5 cm³/mol. The highest BCUT2D eigenvalue weighted by atomic mass is 19.1. The van der Waals surface area contributed by atoms with Crippen molar-refractivity contribution in [2.45, 2.75) is 6.92 Å². The summed E-state index contributed by atoms with van der Waals surface area (Å²) >= 11 is 0. The van der Waals surface area contributed by atoms with Crippen LogP contribution in [0.2, 0.25) is 0 Å². The summed E-state index contributed by atoms with van der Waals surface area (Å²) in [5.41, 5.74) is 1.34. The average molecular weight is 370 g/mol. The number of ether oxygens (including phenoxy) is 1. The molecular weight excluding hydrogens is 355 g/mol. The van der Waals surface area contributed by atoms with E-state index in [0.717, 1.165) is 11.0 Å². The van der Waals surface area contributed by atoms with E-state index in [1.807, 2.05) is 0 Å². The van der Waals surface area contributed by atoms with Gasteiger partial charge in [0.1, 0.15) is 12.4 Å². The number of hydrogen-bond donors (Lipinski definition) is 1. The molecule has 138 valence electrons. The lowest BCUT2D eigenvalue weighted by atomic mass is 10.1. The molecular formula is C19H15FN2O5. The highest BCUT2D eigenvalue weighted by Gasteiger charge is 2.36. The number of fused-ring (bicyclic) bond motifs is 1. The number of imide groups is 1. The zero-order valence-corrected chi connectivity index (χ0v) is 14.3. The Morgan fingerprint density at radius 1 is 1.07 bits per heavy atom. The summed E-state index contributed by atoms with van der Waals surface area (Å²) in [6.07, 6.45) is 0. The fraction of sp³-hybridized carbons (Fsp3) is 0.158. The number of esters is 1. The van der Waals surface area contributed by atoms with Gasteiger partial charge in [0.05, 0.1) is 11.1 Å². The first-order valence-electron chi connectivity index (χ1n) is 8.03. The van der Waals surface area contributed by atoms with Crippen molar-refractivity contribution >= 4 is 29.4 Å². The van der Waals surface area contributed by atoms with Crippen LogP contribution in [0.5, 0.6) is 0 Å². The van der Waals surface area contributed by atoms with Gasteiger partial charge in [0, 0.05) is 5.69 Å². The van der Waals surface area contributed by atoms with Gasteiger partial charge >= 0.3 is 5.97 Å². The Morgan fingerprint density at radius 3 is 2.33 bits per heavy atom. The van der Waals surface area contributed by atoms with E-state index in [1.54, 1.807) is 19.1 Å². The predicted octanol–water partition coefficient (Wildman–Crippen LogP) is 1.91. The summed E-state index contributed by atoms with van der Waals surface area (Å²) in [7, 11) is 0. The van der Waals surface area contributed by atoms with Gasteiger partial charge in [-0.2, -0.15) is 0 Å². The SMILES string of the molecule is Cc1ccc(F)cc1NC(=O)COC(=O)CN1C(=O)c2ccccc2C1=O. The number of amides is 3. The van der Waals surface area contributed by atoms with Crippen molar-refractivity contribution < 1.29 is 28.3 Å². The molecule has 0 bridgehead atoms. The molecule has 0 aliphatic carbocycles. The second-order valence-electron chi connectivity index (χ2n) is 5.91. The molecule has 3 amide bonds. The molecule has 0 radical (unpaired) electrons. The minimum Gasteiger partial charge on any atom is -0.454 e. The van der Waals surface area contributed by atoms with Crippen LogP contribution in [0.4, 0.5) is 10.1 Å².